The van der Waals surface area contributed by atoms with Crippen molar-refractivity contribution in [3.8, 4) is 0 Å². The van der Waals surface area contributed by atoms with Gasteiger partial charge in [-0.25, -0.2) is 22.8 Å². The molecule has 0 bridgehead atoms. The molecule has 0 amide bonds. The van der Waals surface area contributed by atoms with Crippen LogP contribution < -0.4 is 4.72 Å². The molecule has 0 fully saturated rings. The fraction of sp³-hybridized carbons (Fsp3) is 0.143. The summed E-state index contributed by atoms with van der Waals surface area (Å²) in [6, 6.07) is 10.7. The van der Waals surface area contributed by atoms with Crippen molar-refractivity contribution in [2.24, 2.45) is 0 Å². The van der Waals surface area contributed by atoms with Gasteiger partial charge in [0, 0.05) is 6.54 Å². The summed E-state index contributed by atoms with van der Waals surface area (Å²) in [5.41, 5.74) is 1.94. The highest BCUT2D eigenvalue weighted by Gasteiger charge is 2.16. The summed E-state index contributed by atoms with van der Waals surface area (Å²) in [4.78, 5) is 3.89. The molecule has 3 aromatic rings. The van der Waals surface area contributed by atoms with Gasteiger partial charge in [-0.05, 0) is 23.3 Å². The second-order valence-electron chi connectivity index (χ2n) is 4.79. The van der Waals surface area contributed by atoms with Gasteiger partial charge in [-0.15, -0.1) is 11.3 Å². The summed E-state index contributed by atoms with van der Waals surface area (Å²) in [7, 11) is -3.53. The molecule has 23 heavy (non-hydrogen) atoms. The lowest BCUT2D eigenvalue weighted by Gasteiger charge is -2.06. The highest BCUT2D eigenvalue weighted by atomic mass is 35.5. The highest BCUT2D eigenvalue weighted by Crippen LogP contribution is 2.25. The van der Waals surface area contributed by atoms with Crippen LogP contribution in [-0.2, 0) is 23.1 Å². The predicted molar refractivity (Wildman–Crippen MR) is 88.9 cm³/mol. The van der Waals surface area contributed by atoms with Crippen molar-refractivity contribution >= 4 is 33.0 Å². The number of thiophene rings is 1. The molecule has 0 saturated carbocycles. The standard InChI is InChI=1S/C14H13ClN4O2S2/c15-13-5-6-14(22-13)23(20,21)18-7-11-1-3-12(4-2-11)8-19-10-16-9-17-19/h1-6,9-10,18H,7-8H2. The quantitative estimate of drug-likeness (QED) is 0.725. The maximum Gasteiger partial charge on any atom is 0.250 e. The van der Waals surface area contributed by atoms with Gasteiger partial charge in [0.2, 0.25) is 10.0 Å². The van der Waals surface area contributed by atoms with Crippen molar-refractivity contribution in [1.82, 2.24) is 19.5 Å². The van der Waals surface area contributed by atoms with E-state index in [1.807, 2.05) is 24.3 Å². The third kappa shape index (κ3) is 4.17. The van der Waals surface area contributed by atoms with E-state index >= 15 is 0 Å². The Balaban J connectivity index is 1.62. The summed E-state index contributed by atoms with van der Waals surface area (Å²) in [5, 5.41) is 4.04. The molecular formula is C14H13ClN4O2S2. The molecule has 0 spiro atoms. The predicted octanol–water partition coefficient (Wildman–Crippen LogP) is 2.52. The van der Waals surface area contributed by atoms with Crippen LogP contribution in [-0.4, -0.2) is 23.2 Å². The van der Waals surface area contributed by atoms with Gasteiger partial charge in [0.05, 0.1) is 10.9 Å². The van der Waals surface area contributed by atoms with Crippen molar-refractivity contribution in [2.75, 3.05) is 0 Å². The smallest absolute Gasteiger partial charge is 0.249 e. The number of aromatic nitrogens is 3. The van der Waals surface area contributed by atoms with Gasteiger partial charge in [-0.1, -0.05) is 35.9 Å². The van der Waals surface area contributed by atoms with Crippen LogP contribution in [0.25, 0.3) is 0 Å². The summed E-state index contributed by atoms with van der Waals surface area (Å²) in [5.74, 6) is 0. The molecule has 120 valence electrons. The second-order valence-corrected chi connectivity index (χ2v) is 8.50. The minimum Gasteiger partial charge on any atom is -0.249 e. The Morgan fingerprint density at radius 1 is 1.13 bits per heavy atom. The van der Waals surface area contributed by atoms with Gasteiger partial charge in [-0.3, -0.25) is 0 Å². The van der Waals surface area contributed by atoms with E-state index in [2.05, 4.69) is 14.8 Å². The SMILES string of the molecule is O=S(=O)(NCc1ccc(Cn2cncn2)cc1)c1ccc(Cl)s1. The van der Waals surface area contributed by atoms with E-state index in [0.717, 1.165) is 22.5 Å². The van der Waals surface area contributed by atoms with Crippen molar-refractivity contribution in [3.05, 3.63) is 64.5 Å². The van der Waals surface area contributed by atoms with Gasteiger partial charge in [0.1, 0.15) is 16.9 Å². The zero-order valence-electron chi connectivity index (χ0n) is 11.9. The number of nitrogens with zero attached hydrogens (tertiary/aromatic N) is 3. The molecular weight excluding hydrogens is 356 g/mol. The lowest BCUT2D eigenvalue weighted by molar-refractivity contribution is 0.583. The van der Waals surface area contributed by atoms with E-state index in [9.17, 15) is 8.42 Å². The minimum atomic E-state index is -3.53. The van der Waals surface area contributed by atoms with E-state index in [4.69, 9.17) is 11.6 Å². The molecule has 1 aromatic carbocycles. The summed E-state index contributed by atoms with van der Waals surface area (Å²) >= 11 is 6.81. The Kier molecular flexibility index (Phi) is 4.76. The van der Waals surface area contributed by atoms with Gasteiger partial charge >= 0.3 is 0 Å². The number of hydrogen-bond donors (Lipinski definition) is 1. The molecule has 0 aliphatic heterocycles. The Labute approximate surface area is 142 Å². The normalized spacial score (nSPS) is 11.7. The summed E-state index contributed by atoms with van der Waals surface area (Å²) in [6.45, 7) is 0.848. The zero-order valence-corrected chi connectivity index (χ0v) is 14.3. The number of hydrogen-bond acceptors (Lipinski definition) is 5. The van der Waals surface area contributed by atoms with Crippen LogP contribution in [0.15, 0.2) is 53.3 Å². The highest BCUT2D eigenvalue weighted by molar-refractivity contribution is 7.91. The largest absolute Gasteiger partial charge is 0.250 e. The molecule has 6 nitrogen and oxygen atoms in total. The van der Waals surface area contributed by atoms with Gasteiger partial charge in [0.25, 0.3) is 0 Å². The van der Waals surface area contributed by atoms with E-state index < -0.39 is 10.0 Å². The second kappa shape index (κ2) is 6.79. The fourth-order valence-corrected chi connectivity index (χ4v) is 4.50. The Bertz CT molecular complexity index is 874. The first-order valence-electron chi connectivity index (χ1n) is 6.68. The molecule has 2 aromatic heterocycles. The topological polar surface area (TPSA) is 76.9 Å². The molecule has 0 radical (unpaired) electrons. The number of halogens is 1. The molecule has 0 unspecified atom stereocenters. The molecule has 0 atom stereocenters. The van der Waals surface area contributed by atoms with Crippen LogP contribution >= 0.6 is 22.9 Å². The Morgan fingerprint density at radius 2 is 1.87 bits per heavy atom. The van der Waals surface area contributed by atoms with E-state index in [1.165, 1.54) is 12.4 Å². The molecule has 1 N–H and O–H groups in total. The van der Waals surface area contributed by atoms with Crippen molar-refractivity contribution in [3.63, 3.8) is 0 Å². The van der Waals surface area contributed by atoms with Crippen molar-refractivity contribution < 1.29 is 8.42 Å². The Morgan fingerprint density at radius 3 is 2.48 bits per heavy atom. The number of nitrogens with one attached hydrogen (secondary N) is 1. The van der Waals surface area contributed by atoms with E-state index in [1.54, 1.807) is 17.1 Å². The van der Waals surface area contributed by atoms with Gasteiger partial charge < -0.3 is 0 Å². The van der Waals surface area contributed by atoms with Crippen molar-refractivity contribution in [2.45, 2.75) is 17.3 Å². The minimum absolute atomic E-state index is 0.213. The van der Waals surface area contributed by atoms with Crippen LogP contribution in [0.1, 0.15) is 11.1 Å². The van der Waals surface area contributed by atoms with Gasteiger partial charge in [0.15, 0.2) is 0 Å². The third-order valence-corrected chi connectivity index (χ3v) is 6.24. The number of sulfonamides is 1. The first-order valence-corrected chi connectivity index (χ1v) is 9.36. The molecule has 2 heterocycles. The number of benzene rings is 1. The summed E-state index contributed by atoms with van der Waals surface area (Å²) in [6.07, 6.45) is 3.13. The Hall–Kier alpha value is -1.74. The van der Waals surface area contributed by atoms with E-state index in [-0.39, 0.29) is 10.8 Å². The average Bonchev–Trinajstić information content (AvgIpc) is 3.18. The van der Waals surface area contributed by atoms with Gasteiger partial charge in [-0.2, -0.15) is 5.10 Å². The maximum atomic E-state index is 12.1. The average molecular weight is 369 g/mol. The van der Waals surface area contributed by atoms with Crippen LogP contribution in [0.4, 0.5) is 0 Å². The lowest BCUT2D eigenvalue weighted by Crippen LogP contribution is -2.22. The molecule has 0 aliphatic carbocycles. The van der Waals surface area contributed by atoms with Crippen LogP contribution in [0.3, 0.4) is 0 Å². The molecule has 3 rings (SSSR count). The lowest BCUT2D eigenvalue weighted by atomic mass is 10.1. The maximum absolute atomic E-state index is 12.1. The fourth-order valence-electron chi connectivity index (χ4n) is 1.96. The summed E-state index contributed by atoms with van der Waals surface area (Å²) < 4.78 is 29.2. The van der Waals surface area contributed by atoms with Crippen LogP contribution in [0.5, 0.6) is 0 Å². The zero-order chi connectivity index (χ0) is 16.3. The van der Waals surface area contributed by atoms with Crippen LogP contribution in [0, 0.1) is 0 Å². The van der Waals surface area contributed by atoms with Crippen LogP contribution in [0.2, 0.25) is 4.34 Å². The molecule has 0 aliphatic rings. The molecule has 9 heteroatoms. The van der Waals surface area contributed by atoms with Crippen molar-refractivity contribution in [1.29, 1.82) is 0 Å². The van der Waals surface area contributed by atoms with E-state index in [0.29, 0.717) is 10.9 Å². The third-order valence-electron chi connectivity index (χ3n) is 3.11. The first-order chi connectivity index (χ1) is 11.0. The first kappa shape index (κ1) is 16.1. The molecule has 0 saturated heterocycles. The monoisotopic (exact) mass is 368 g/mol. The number of rotatable bonds is 6.